The Balaban J connectivity index is 1.59. The molecule has 0 unspecified atom stereocenters. The summed E-state index contributed by atoms with van der Waals surface area (Å²) >= 11 is 0. The van der Waals surface area contributed by atoms with Gasteiger partial charge >= 0.3 is 0 Å². The van der Waals surface area contributed by atoms with Gasteiger partial charge in [-0.1, -0.05) is 18.2 Å². The molecule has 0 atom stereocenters. The maximum absolute atomic E-state index is 12.1. The number of rotatable bonds is 5. The van der Waals surface area contributed by atoms with Gasteiger partial charge in [-0.15, -0.1) is 0 Å². The van der Waals surface area contributed by atoms with Gasteiger partial charge in [-0.25, -0.2) is 0 Å². The smallest absolute Gasteiger partial charge is 0.244 e. The van der Waals surface area contributed by atoms with Crippen LogP contribution in [0, 0.1) is 0 Å². The lowest BCUT2D eigenvalue weighted by molar-refractivity contribution is -0.116. The van der Waals surface area contributed by atoms with E-state index in [0.29, 0.717) is 12.3 Å². The molecule has 1 N–H and O–H groups in total. The van der Waals surface area contributed by atoms with E-state index in [9.17, 15) is 4.79 Å². The molecule has 1 aliphatic rings. The molecular formula is C19H19NO4. The minimum absolute atomic E-state index is 0.138. The predicted octanol–water partition coefficient (Wildman–Crippen LogP) is 3.14. The summed E-state index contributed by atoms with van der Waals surface area (Å²) in [4.78, 5) is 12.1. The van der Waals surface area contributed by atoms with E-state index in [1.807, 2.05) is 49.4 Å². The molecule has 0 bridgehead atoms. The summed E-state index contributed by atoms with van der Waals surface area (Å²) in [5, 5.41) is 2.88. The molecule has 124 valence electrons. The number of hydrogen-bond donors (Lipinski definition) is 1. The topological polar surface area (TPSA) is 56.8 Å². The number of amides is 1. The lowest BCUT2D eigenvalue weighted by Crippen LogP contribution is -2.20. The SMILES string of the molecule is COc1ccc(/C(C)=C/C(=O)NCc2ccc3c(c2)OCO3)cc1. The van der Waals surface area contributed by atoms with Crippen molar-refractivity contribution in [1.82, 2.24) is 5.32 Å². The second kappa shape index (κ2) is 7.08. The Bertz CT molecular complexity index is 765. The van der Waals surface area contributed by atoms with Crippen LogP contribution in [0.2, 0.25) is 0 Å². The summed E-state index contributed by atoms with van der Waals surface area (Å²) in [6, 6.07) is 13.2. The van der Waals surface area contributed by atoms with Crippen LogP contribution in [-0.2, 0) is 11.3 Å². The number of methoxy groups -OCH3 is 1. The van der Waals surface area contributed by atoms with Gasteiger partial charge in [0.2, 0.25) is 12.7 Å². The molecule has 0 saturated heterocycles. The van der Waals surface area contributed by atoms with E-state index in [4.69, 9.17) is 14.2 Å². The van der Waals surface area contributed by atoms with Crippen molar-refractivity contribution in [2.75, 3.05) is 13.9 Å². The maximum atomic E-state index is 12.1. The van der Waals surface area contributed by atoms with Gasteiger partial charge in [-0.2, -0.15) is 0 Å². The summed E-state index contributed by atoms with van der Waals surface area (Å²) in [5.74, 6) is 2.10. The van der Waals surface area contributed by atoms with Gasteiger partial charge in [0.05, 0.1) is 7.11 Å². The third-order valence-corrected chi connectivity index (χ3v) is 3.80. The van der Waals surface area contributed by atoms with Crippen LogP contribution in [0.5, 0.6) is 17.2 Å². The summed E-state index contributed by atoms with van der Waals surface area (Å²) in [6.07, 6.45) is 1.59. The fourth-order valence-electron chi connectivity index (χ4n) is 2.43. The Morgan fingerprint density at radius 2 is 1.92 bits per heavy atom. The minimum Gasteiger partial charge on any atom is -0.497 e. The number of nitrogens with one attached hydrogen (secondary N) is 1. The number of carbonyl (C=O) groups is 1. The molecule has 0 aliphatic carbocycles. The molecule has 0 radical (unpaired) electrons. The number of fused-ring (bicyclic) bond motifs is 1. The van der Waals surface area contributed by atoms with Crippen LogP contribution in [0.4, 0.5) is 0 Å². The highest BCUT2D eigenvalue weighted by molar-refractivity contribution is 5.94. The van der Waals surface area contributed by atoms with Crippen molar-refractivity contribution < 1.29 is 19.0 Å². The molecule has 0 fully saturated rings. The van der Waals surface area contributed by atoms with E-state index in [1.54, 1.807) is 13.2 Å². The molecule has 3 rings (SSSR count). The fourth-order valence-corrected chi connectivity index (χ4v) is 2.43. The quantitative estimate of drug-likeness (QED) is 0.858. The minimum atomic E-state index is -0.138. The molecule has 5 heteroatoms. The van der Waals surface area contributed by atoms with E-state index in [2.05, 4.69) is 5.32 Å². The number of ether oxygens (including phenoxy) is 3. The Hall–Kier alpha value is -2.95. The van der Waals surface area contributed by atoms with Crippen molar-refractivity contribution >= 4 is 11.5 Å². The predicted molar refractivity (Wildman–Crippen MR) is 91.1 cm³/mol. The first-order valence-corrected chi connectivity index (χ1v) is 7.65. The molecule has 1 amide bonds. The molecule has 1 aliphatic heterocycles. The third kappa shape index (κ3) is 3.68. The van der Waals surface area contributed by atoms with E-state index in [-0.39, 0.29) is 12.7 Å². The molecule has 2 aromatic rings. The van der Waals surface area contributed by atoms with Gasteiger partial charge in [0.15, 0.2) is 11.5 Å². The van der Waals surface area contributed by atoms with Gasteiger partial charge in [0.1, 0.15) is 5.75 Å². The molecule has 5 nitrogen and oxygen atoms in total. The van der Waals surface area contributed by atoms with E-state index < -0.39 is 0 Å². The number of allylic oxidation sites excluding steroid dienone is 1. The van der Waals surface area contributed by atoms with E-state index >= 15 is 0 Å². The normalized spacial score (nSPS) is 12.8. The zero-order chi connectivity index (χ0) is 16.9. The van der Waals surface area contributed by atoms with Crippen molar-refractivity contribution in [3.63, 3.8) is 0 Å². The summed E-state index contributed by atoms with van der Waals surface area (Å²) < 4.78 is 15.7. The second-order valence-corrected chi connectivity index (χ2v) is 5.46. The first-order valence-electron chi connectivity index (χ1n) is 7.65. The van der Waals surface area contributed by atoms with Crippen LogP contribution in [0.25, 0.3) is 5.57 Å². The molecule has 24 heavy (non-hydrogen) atoms. The van der Waals surface area contributed by atoms with Gasteiger partial charge in [-0.3, -0.25) is 4.79 Å². The van der Waals surface area contributed by atoms with Crippen LogP contribution in [0.3, 0.4) is 0 Å². The van der Waals surface area contributed by atoms with Crippen LogP contribution in [0.1, 0.15) is 18.1 Å². The third-order valence-electron chi connectivity index (χ3n) is 3.80. The highest BCUT2D eigenvalue weighted by Crippen LogP contribution is 2.32. The first kappa shape index (κ1) is 15.9. The first-order chi connectivity index (χ1) is 11.7. The average Bonchev–Trinajstić information content (AvgIpc) is 3.07. The molecule has 0 saturated carbocycles. The summed E-state index contributed by atoms with van der Waals surface area (Å²) in [7, 11) is 1.63. The Morgan fingerprint density at radius 1 is 1.17 bits per heavy atom. The zero-order valence-electron chi connectivity index (χ0n) is 13.7. The average molecular weight is 325 g/mol. The molecule has 0 aromatic heterocycles. The van der Waals surface area contributed by atoms with Crippen molar-refractivity contribution in [2.45, 2.75) is 13.5 Å². The monoisotopic (exact) mass is 325 g/mol. The van der Waals surface area contributed by atoms with Crippen molar-refractivity contribution in [2.24, 2.45) is 0 Å². The maximum Gasteiger partial charge on any atom is 0.244 e. The highest BCUT2D eigenvalue weighted by Gasteiger charge is 2.13. The van der Waals surface area contributed by atoms with Crippen LogP contribution in [-0.4, -0.2) is 19.8 Å². The molecule has 0 spiro atoms. The Morgan fingerprint density at radius 3 is 2.67 bits per heavy atom. The highest BCUT2D eigenvalue weighted by atomic mass is 16.7. The standard InChI is InChI=1S/C19H19NO4/c1-13(15-4-6-16(22-2)7-5-15)9-19(21)20-11-14-3-8-17-18(10-14)24-12-23-17/h3-10H,11-12H2,1-2H3,(H,20,21)/b13-9+. The largest absolute Gasteiger partial charge is 0.497 e. The van der Waals surface area contributed by atoms with Gasteiger partial charge in [-0.05, 0) is 47.9 Å². The second-order valence-electron chi connectivity index (χ2n) is 5.46. The van der Waals surface area contributed by atoms with E-state index in [1.165, 1.54) is 0 Å². The van der Waals surface area contributed by atoms with Crippen LogP contribution >= 0.6 is 0 Å². The Kier molecular flexibility index (Phi) is 4.70. The van der Waals surface area contributed by atoms with Crippen molar-refractivity contribution in [1.29, 1.82) is 0 Å². The summed E-state index contributed by atoms with van der Waals surface area (Å²) in [6.45, 7) is 2.58. The lowest BCUT2D eigenvalue weighted by Gasteiger charge is -2.06. The Labute approximate surface area is 140 Å². The van der Waals surface area contributed by atoms with Crippen LogP contribution < -0.4 is 19.5 Å². The number of hydrogen-bond acceptors (Lipinski definition) is 4. The molecular weight excluding hydrogens is 306 g/mol. The molecule has 1 heterocycles. The zero-order valence-corrected chi connectivity index (χ0v) is 13.7. The van der Waals surface area contributed by atoms with E-state index in [0.717, 1.165) is 28.2 Å². The van der Waals surface area contributed by atoms with Gasteiger partial charge in [0.25, 0.3) is 0 Å². The van der Waals surface area contributed by atoms with Crippen molar-refractivity contribution in [3.05, 3.63) is 59.7 Å². The van der Waals surface area contributed by atoms with Gasteiger partial charge in [0, 0.05) is 12.6 Å². The fraction of sp³-hybridized carbons (Fsp3) is 0.211. The van der Waals surface area contributed by atoms with Gasteiger partial charge < -0.3 is 19.5 Å². The van der Waals surface area contributed by atoms with Crippen LogP contribution in [0.15, 0.2) is 48.5 Å². The number of carbonyl (C=O) groups excluding carboxylic acids is 1. The lowest BCUT2D eigenvalue weighted by atomic mass is 10.1. The summed E-state index contributed by atoms with van der Waals surface area (Å²) in [5.41, 5.74) is 2.83. The molecule has 2 aromatic carbocycles. The number of benzene rings is 2. The van der Waals surface area contributed by atoms with Crippen molar-refractivity contribution in [3.8, 4) is 17.2 Å².